The topological polar surface area (TPSA) is 73.9 Å². The summed E-state index contributed by atoms with van der Waals surface area (Å²) in [4.78, 5) is 2.35. The zero-order valence-corrected chi connectivity index (χ0v) is 18.8. The van der Waals surface area contributed by atoms with Crippen LogP contribution in [0, 0.1) is 0 Å². The minimum absolute atomic E-state index is 0.516. The molecule has 0 amide bonds. The van der Waals surface area contributed by atoms with Crippen LogP contribution < -0.4 is 19.7 Å². The lowest BCUT2D eigenvalue weighted by Gasteiger charge is -2.34. The van der Waals surface area contributed by atoms with Gasteiger partial charge in [0.15, 0.2) is 0 Å². The van der Waals surface area contributed by atoms with Crippen molar-refractivity contribution in [1.82, 2.24) is 9.62 Å². The first-order valence-corrected chi connectivity index (χ1v) is 11.7. The molecule has 1 aliphatic heterocycles. The van der Waals surface area contributed by atoms with Crippen molar-refractivity contribution in [2.45, 2.75) is 25.3 Å². The van der Waals surface area contributed by atoms with Gasteiger partial charge in [-0.15, -0.1) is 0 Å². The number of nitrogens with zero attached hydrogens (tertiary/aromatic N) is 2. The van der Waals surface area contributed by atoms with E-state index in [1.54, 1.807) is 7.11 Å². The molecule has 30 heavy (non-hydrogen) atoms. The molecule has 0 saturated carbocycles. The van der Waals surface area contributed by atoms with Crippen LogP contribution in [0.3, 0.4) is 0 Å². The molecule has 1 heterocycles. The average Bonchev–Trinajstić information content (AvgIpc) is 2.75. The van der Waals surface area contributed by atoms with Gasteiger partial charge in [-0.05, 0) is 61.7 Å². The Hall–Kier alpha value is -2.29. The van der Waals surface area contributed by atoms with Crippen LogP contribution in [0.4, 0.5) is 11.4 Å². The molecule has 3 rings (SSSR count). The molecule has 0 aromatic heterocycles. The smallest absolute Gasteiger partial charge is 0.301 e. The van der Waals surface area contributed by atoms with Gasteiger partial charge in [-0.25, -0.2) is 0 Å². The summed E-state index contributed by atoms with van der Waals surface area (Å²) in [5, 5.41) is 3.68. The van der Waals surface area contributed by atoms with E-state index in [9.17, 15) is 8.42 Å². The van der Waals surface area contributed by atoms with Gasteiger partial charge in [0, 0.05) is 44.6 Å². The molecule has 0 radical (unpaired) electrons. The molecule has 1 saturated heterocycles. The molecule has 164 valence electrons. The van der Waals surface area contributed by atoms with Gasteiger partial charge in [0.25, 0.3) is 0 Å². The van der Waals surface area contributed by atoms with Crippen molar-refractivity contribution in [3.63, 3.8) is 0 Å². The number of piperidine rings is 1. The van der Waals surface area contributed by atoms with Gasteiger partial charge in [-0.3, -0.25) is 4.72 Å². The molecule has 0 aliphatic carbocycles. The van der Waals surface area contributed by atoms with Crippen molar-refractivity contribution in [3.8, 4) is 5.75 Å². The third-order valence-corrected chi connectivity index (χ3v) is 6.93. The highest BCUT2D eigenvalue weighted by Gasteiger charge is 2.19. The summed E-state index contributed by atoms with van der Waals surface area (Å²) in [5.74, 6) is 0.949. The first-order valence-electron chi connectivity index (χ1n) is 10.3. The fraction of sp³-hybridized carbons (Fsp3) is 0.455. The molecule has 7 nitrogen and oxygen atoms in total. The second-order valence-corrected chi connectivity index (χ2v) is 9.60. The van der Waals surface area contributed by atoms with E-state index >= 15 is 0 Å². The molecule has 0 atom stereocenters. The predicted molar refractivity (Wildman–Crippen MR) is 123 cm³/mol. The quantitative estimate of drug-likeness (QED) is 0.637. The number of anilines is 2. The summed E-state index contributed by atoms with van der Waals surface area (Å²) >= 11 is 0. The monoisotopic (exact) mass is 432 g/mol. The Bertz CT molecular complexity index is 908. The molecule has 1 fully saturated rings. The molecule has 0 bridgehead atoms. The van der Waals surface area contributed by atoms with Crippen LogP contribution in [0.5, 0.6) is 5.75 Å². The summed E-state index contributed by atoms with van der Waals surface area (Å²) in [6.45, 7) is 2.90. The SMILES string of the molecule is COc1ccccc1CCNC1CCN(c2ccc(NS(=O)(=O)N(C)C)cc2)CC1. The predicted octanol–water partition coefficient (Wildman–Crippen LogP) is 2.71. The van der Waals surface area contributed by atoms with Crippen molar-refractivity contribution in [2.75, 3.05) is 50.5 Å². The Morgan fingerprint density at radius 1 is 1.07 bits per heavy atom. The fourth-order valence-electron chi connectivity index (χ4n) is 3.64. The van der Waals surface area contributed by atoms with Crippen LogP contribution in [-0.4, -0.2) is 59.6 Å². The number of ether oxygens (including phenoxy) is 1. The number of rotatable bonds is 9. The summed E-state index contributed by atoms with van der Waals surface area (Å²) in [6, 6.07) is 16.3. The second-order valence-electron chi connectivity index (χ2n) is 7.71. The third kappa shape index (κ3) is 5.87. The molecule has 8 heteroatoms. The number of nitrogens with one attached hydrogen (secondary N) is 2. The zero-order valence-electron chi connectivity index (χ0n) is 18.0. The maximum Gasteiger partial charge on any atom is 0.301 e. The van der Waals surface area contributed by atoms with Crippen LogP contribution >= 0.6 is 0 Å². The second kappa shape index (κ2) is 10.1. The number of para-hydroxylation sites is 1. The highest BCUT2D eigenvalue weighted by Crippen LogP contribution is 2.23. The van der Waals surface area contributed by atoms with Gasteiger partial charge in [0.2, 0.25) is 0 Å². The summed E-state index contributed by atoms with van der Waals surface area (Å²) in [5.41, 5.74) is 2.92. The Balaban J connectivity index is 1.45. The lowest BCUT2D eigenvalue weighted by atomic mass is 10.0. The highest BCUT2D eigenvalue weighted by atomic mass is 32.2. The normalized spacial score (nSPS) is 15.4. The van der Waals surface area contributed by atoms with Gasteiger partial charge >= 0.3 is 10.2 Å². The Morgan fingerprint density at radius 3 is 2.37 bits per heavy atom. The molecule has 2 N–H and O–H groups in total. The Labute approximate surface area is 180 Å². The van der Waals surface area contributed by atoms with E-state index in [0.717, 1.165) is 54.6 Å². The van der Waals surface area contributed by atoms with Gasteiger partial charge in [0.1, 0.15) is 5.75 Å². The molecular formula is C22H32N4O3S. The highest BCUT2D eigenvalue weighted by molar-refractivity contribution is 7.90. The van der Waals surface area contributed by atoms with Crippen molar-refractivity contribution in [1.29, 1.82) is 0 Å². The molecule has 1 aliphatic rings. The van der Waals surface area contributed by atoms with E-state index in [4.69, 9.17) is 4.74 Å². The first-order chi connectivity index (χ1) is 14.4. The Kier molecular flexibility index (Phi) is 7.58. The van der Waals surface area contributed by atoms with Gasteiger partial charge in [-0.1, -0.05) is 18.2 Å². The Morgan fingerprint density at radius 2 is 1.73 bits per heavy atom. The van der Waals surface area contributed by atoms with E-state index in [1.807, 2.05) is 42.5 Å². The molecule has 2 aromatic carbocycles. The van der Waals surface area contributed by atoms with Crippen molar-refractivity contribution in [3.05, 3.63) is 54.1 Å². The average molecular weight is 433 g/mol. The zero-order chi connectivity index (χ0) is 21.6. The van der Waals surface area contributed by atoms with E-state index in [0.29, 0.717) is 11.7 Å². The molecule has 0 unspecified atom stereocenters. The number of hydrogen-bond acceptors (Lipinski definition) is 5. The van der Waals surface area contributed by atoms with Crippen molar-refractivity contribution < 1.29 is 13.2 Å². The van der Waals surface area contributed by atoms with Crippen molar-refractivity contribution >= 4 is 21.6 Å². The maximum atomic E-state index is 11.9. The van der Waals surface area contributed by atoms with Crippen LogP contribution in [-0.2, 0) is 16.6 Å². The van der Waals surface area contributed by atoms with E-state index in [-0.39, 0.29) is 0 Å². The minimum atomic E-state index is -3.48. The van der Waals surface area contributed by atoms with E-state index < -0.39 is 10.2 Å². The molecule has 0 spiro atoms. The maximum absolute atomic E-state index is 11.9. The standard InChI is InChI=1S/C22H32N4O3S/c1-25(2)30(27,28)24-20-8-10-21(11-9-20)26-16-13-19(14-17-26)23-15-12-18-6-4-5-7-22(18)29-3/h4-11,19,23-24H,12-17H2,1-3H3. The summed E-state index contributed by atoms with van der Waals surface area (Å²) in [7, 11) is 1.25. The lowest BCUT2D eigenvalue weighted by Crippen LogP contribution is -2.43. The molecule has 2 aromatic rings. The van der Waals surface area contributed by atoms with Gasteiger partial charge in [0.05, 0.1) is 7.11 Å². The fourth-order valence-corrected chi connectivity index (χ4v) is 4.26. The summed E-state index contributed by atoms with van der Waals surface area (Å²) < 4.78 is 33.0. The van der Waals surface area contributed by atoms with Gasteiger partial charge < -0.3 is 15.0 Å². The van der Waals surface area contributed by atoms with Crippen molar-refractivity contribution in [2.24, 2.45) is 0 Å². The van der Waals surface area contributed by atoms with Crippen LogP contribution in [0.15, 0.2) is 48.5 Å². The largest absolute Gasteiger partial charge is 0.496 e. The van der Waals surface area contributed by atoms with Crippen LogP contribution in [0.2, 0.25) is 0 Å². The molecular weight excluding hydrogens is 400 g/mol. The first kappa shape index (κ1) is 22.4. The number of hydrogen-bond donors (Lipinski definition) is 2. The van der Waals surface area contributed by atoms with Crippen LogP contribution in [0.25, 0.3) is 0 Å². The van der Waals surface area contributed by atoms with Gasteiger partial charge in [-0.2, -0.15) is 12.7 Å². The third-order valence-electron chi connectivity index (χ3n) is 5.47. The van der Waals surface area contributed by atoms with E-state index in [1.165, 1.54) is 19.7 Å². The number of methoxy groups -OCH3 is 1. The minimum Gasteiger partial charge on any atom is -0.496 e. The number of benzene rings is 2. The lowest BCUT2D eigenvalue weighted by molar-refractivity contribution is 0.401. The van der Waals surface area contributed by atoms with Crippen LogP contribution in [0.1, 0.15) is 18.4 Å². The van der Waals surface area contributed by atoms with E-state index in [2.05, 4.69) is 21.0 Å². The summed E-state index contributed by atoms with van der Waals surface area (Å²) in [6.07, 6.45) is 3.12.